The lowest BCUT2D eigenvalue weighted by Gasteiger charge is -2.32. The van der Waals surface area contributed by atoms with E-state index in [1.807, 2.05) is 11.8 Å². The first kappa shape index (κ1) is 14.9. The van der Waals surface area contributed by atoms with Crippen molar-refractivity contribution in [3.05, 3.63) is 0 Å². The lowest BCUT2D eigenvalue weighted by molar-refractivity contribution is 0.249. The van der Waals surface area contributed by atoms with Gasteiger partial charge in [0.05, 0.1) is 16.8 Å². The summed E-state index contributed by atoms with van der Waals surface area (Å²) >= 11 is 0. The molecule has 0 radical (unpaired) electrons. The van der Waals surface area contributed by atoms with E-state index in [1.54, 1.807) is 6.92 Å². The molecule has 1 heterocycles. The Kier molecular flexibility index (Phi) is 4.60. The second-order valence-electron chi connectivity index (χ2n) is 5.13. The molecule has 0 amide bonds. The summed E-state index contributed by atoms with van der Waals surface area (Å²) in [5.74, 6) is 0.378. The van der Waals surface area contributed by atoms with Gasteiger partial charge in [0, 0.05) is 25.9 Å². The van der Waals surface area contributed by atoms with Crippen molar-refractivity contribution >= 4 is 19.7 Å². The van der Waals surface area contributed by atoms with Crippen LogP contribution < -0.4 is 0 Å². The maximum atomic E-state index is 11.5. The average Bonchev–Trinajstić information content (AvgIpc) is 2.08. The Hall–Kier alpha value is -0.140. The second-order valence-corrected chi connectivity index (χ2v) is 9.86. The van der Waals surface area contributed by atoms with Gasteiger partial charge in [0.25, 0.3) is 0 Å². The van der Waals surface area contributed by atoms with E-state index in [-0.39, 0.29) is 22.7 Å². The lowest BCUT2D eigenvalue weighted by Crippen LogP contribution is -2.47. The first-order valence-electron chi connectivity index (χ1n) is 5.72. The van der Waals surface area contributed by atoms with Crippen molar-refractivity contribution in [3.8, 4) is 0 Å². The maximum Gasteiger partial charge on any atom is 0.155 e. The molecule has 7 heteroatoms. The first-order chi connectivity index (χ1) is 7.60. The van der Waals surface area contributed by atoms with Gasteiger partial charge in [0.1, 0.15) is 9.84 Å². The topological polar surface area (TPSA) is 71.5 Å². The van der Waals surface area contributed by atoms with Crippen LogP contribution in [0.4, 0.5) is 0 Å². The summed E-state index contributed by atoms with van der Waals surface area (Å²) in [4.78, 5) is 2.04. The molecular formula is C10H21NO4S2. The van der Waals surface area contributed by atoms with Gasteiger partial charge in [-0.15, -0.1) is 0 Å². The van der Waals surface area contributed by atoms with Gasteiger partial charge in [-0.1, -0.05) is 6.92 Å². The fraction of sp³-hybridized carbons (Fsp3) is 1.00. The molecule has 0 aromatic carbocycles. The van der Waals surface area contributed by atoms with Crippen molar-refractivity contribution in [2.75, 3.05) is 37.4 Å². The van der Waals surface area contributed by atoms with Crippen LogP contribution in [0.15, 0.2) is 0 Å². The smallest absolute Gasteiger partial charge is 0.155 e. The molecule has 0 aromatic rings. The second kappa shape index (κ2) is 5.24. The molecule has 1 aliphatic heterocycles. The average molecular weight is 283 g/mol. The van der Waals surface area contributed by atoms with Gasteiger partial charge in [0.2, 0.25) is 0 Å². The zero-order valence-electron chi connectivity index (χ0n) is 10.6. The van der Waals surface area contributed by atoms with Crippen molar-refractivity contribution in [1.82, 2.24) is 4.90 Å². The van der Waals surface area contributed by atoms with Gasteiger partial charge in [-0.2, -0.15) is 0 Å². The molecule has 5 nitrogen and oxygen atoms in total. The van der Waals surface area contributed by atoms with Crippen molar-refractivity contribution in [2.24, 2.45) is 5.92 Å². The van der Waals surface area contributed by atoms with Crippen LogP contribution >= 0.6 is 0 Å². The predicted octanol–water partition coefficient (Wildman–Crippen LogP) is -0.214. The first-order valence-corrected chi connectivity index (χ1v) is 9.49. The molecule has 0 N–H and O–H groups in total. The summed E-state index contributed by atoms with van der Waals surface area (Å²) in [6, 6.07) is 0. The zero-order chi connectivity index (χ0) is 13.3. The summed E-state index contributed by atoms with van der Waals surface area (Å²) in [7, 11) is -5.88. The van der Waals surface area contributed by atoms with Crippen LogP contribution in [0.2, 0.25) is 0 Å². The Bertz CT molecular complexity index is 455. The fourth-order valence-electron chi connectivity index (χ4n) is 2.20. The monoisotopic (exact) mass is 283 g/mol. The highest BCUT2D eigenvalue weighted by Gasteiger charge is 2.30. The van der Waals surface area contributed by atoms with E-state index in [0.29, 0.717) is 19.6 Å². The Morgan fingerprint density at radius 2 is 2.00 bits per heavy atom. The van der Waals surface area contributed by atoms with Crippen LogP contribution in [0.3, 0.4) is 0 Å². The SMILES string of the molecule is CC(CN1CCS(=O)(=O)C(C)C1)CS(C)(=O)=O. The van der Waals surface area contributed by atoms with E-state index < -0.39 is 19.7 Å². The molecule has 0 bridgehead atoms. The number of nitrogens with zero attached hydrogens (tertiary/aromatic N) is 1. The van der Waals surface area contributed by atoms with Crippen LogP contribution in [0.5, 0.6) is 0 Å². The normalized spacial score (nSPS) is 27.8. The molecule has 17 heavy (non-hydrogen) atoms. The number of sulfone groups is 2. The predicted molar refractivity (Wildman–Crippen MR) is 68.6 cm³/mol. The van der Waals surface area contributed by atoms with Gasteiger partial charge in [-0.25, -0.2) is 16.8 Å². The Labute approximate surface area is 104 Å². The Morgan fingerprint density at radius 1 is 1.41 bits per heavy atom. The quantitative estimate of drug-likeness (QED) is 0.714. The molecule has 0 saturated carbocycles. The molecule has 1 saturated heterocycles. The van der Waals surface area contributed by atoms with E-state index in [2.05, 4.69) is 0 Å². The number of hydrogen-bond acceptors (Lipinski definition) is 5. The van der Waals surface area contributed by atoms with Gasteiger partial charge in [0.15, 0.2) is 9.84 Å². The molecule has 0 aliphatic carbocycles. The van der Waals surface area contributed by atoms with Crippen LogP contribution in [-0.2, 0) is 19.7 Å². The highest BCUT2D eigenvalue weighted by molar-refractivity contribution is 7.92. The van der Waals surface area contributed by atoms with Crippen molar-refractivity contribution in [3.63, 3.8) is 0 Å². The third-order valence-electron chi connectivity index (χ3n) is 2.98. The molecule has 0 aromatic heterocycles. The zero-order valence-corrected chi connectivity index (χ0v) is 12.2. The molecule has 1 rings (SSSR count). The molecule has 2 unspecified atom stereocenters. The maximum absolute atomic E-state index is 11.5. The van der Waals surface area contributed by atoms with Crippen LogP contribution in [0.25, 0.3) is 0 Å². The van der Waals surface area contributed by atoms with Crippen LogP contribution in [0.1, 0.15) is 13.8 Å². The molecule has 0 spiro atoms. The number of hydrogen-bond donors (Lipinski definition) is 0. The molecule has 2 atom stereocenters. The van der Waals surface area contributed by atoms with Crippen LogP contribution in [0, 0.1) is 5.92 Å². The van der Waals surface area contributed by atoms with Gasteiger partial charge < -0.3 is 4.90 Å². The van der Waals surface area contributed by atoms with E-state index in [0.717, 1.165) is 0 Å². The fourth-order valence-corrected chi connectivity index (χ4v) is 4.69. The molecule has 102 valence electrons. The highest BCUT2D eigenvalue weighted by atomic mass is 32.2. The minimum Gasteiger partial charge on any atom is -0.301 e. The molecular weight excluding hydrogens is 262 g/mol. The largest absolute Gasteiger partial charge is 0.301 e. The van der Waals surface area contributed by atoms with E-state index in [1.165, 1.54) is 6.26 Å². The summed E-state index contributed by atoms with van der Waals surface area (Å²) in [6.07, 6.45) is 1.23. The summed E-state index contributed by atoms with van der Waals surface area (Å²) < 4.78 is 45.3. The van der Waals surface area contributed by atoms with E-state index in [9.17, 15) is 16.8 Å². The summed E-state index contributed by atoms with van der Waals surface area (Å²) in [5, 5.41) is -0.346. The third-order valence-corrected chi connectivity index (χ3v) is 6.28. The van der Waals surface area contributed by atoms with Crippen molar-refractivity contribution in [2.45, 2.75) is 19.1 Å². The van der Waals surface area contributed by atoms with E-state index >= 15 is 0 Å². The van der Waals surface area contributed by atoms with Crippen LogP contribution in [-0.4, -0.2) is 64.4 Å². The summed E-state index contributed by atoms with van der Waals surface area (Å²) in [6.45, 7) is 5.27. The standard InChI is InChI=1S/C10H21NO4S2/c1-9(8-16(3,12)13)6-11-4-5-17(14,15)10(2)7-11/h9-10H,4-8H2,1-3H3. The lowest BCUT2D eigenvalue weighted by atomic mass is 10.2. The highest BCUT2D eigenvalue weighted by Crippen LogP contribution is 2.14. The third kappa shape index (κ3) is 4.93. The van der Waals surface area contributed by atoms with Crippen molar-refractivity contribution in [1.29, 1.82) is 0 Å². The van der Waals surface area contributed by atoms with Gasteiger partial charge in [-0.05, 0) is 12.8 Å². The number of rotatable bonds is 4. The minimum absolute atomic E-state index is 0.0398. The molecule has 1 fully saturated rings. The van der Waals surface area contributed by atoms with Crippen molar-refractivity contribution < 1.29 is 16.8 Å². The minimum atomic E-state index is -2.96. The van der Waals surface area contributed by atoms with E-state index in [4.69, 9.17) is 0 Å². The molecule has 1 aliphatic rings. The Morgan fingerprint density at radius 3 is 2.47 bits per heavy atom. The van der Waals surface area contributed by atoms with Gasteiger partial charge >= 0.3 is 0 Å². The summed E-state index contributed by atoms with van der Waals surface area (Å²) in [5.41, 5.74) is 0. The van der Waals surface area contributed by atoms with Gasteiger partial charge in [-0.3, -0.25) is 0 Å². The Balaban J connectivity index is 2.50.